The van der Waals surface area contributed by atoms with Gasteiger partial charge in [0.1, 0.15) is 5.69 Å². The van der Waals surface area contributed by atoms with Gasteiger partial charge in [0.25, 0.3) is 11.6 Å². The number of alkyl halides is 1. The minimum atomic E-state index is -0.469. The topological polar surface area (TPSA) is 68.4 Å². The summed E-state index contributed by atoms with van der Waals surface area (Å²) in [5, 5.41) is 11.7. The van der Waals surface area contributed by atoms with Crippen LogP contribution < -0.4 is 0 Å². The van der Waals surface area contributed by atoms with E-state index in [1.165, 1.54) is 12.3 Å². The van der Waals surface area contributed by atoms with Gasteiger partial charge in [0.2, 0.25) is 0 Å². The molecule has 1 amide bonds. The molecule has 1 aromatic heterocycles. The smallest absolute Gasteiger partial charge is 0.287 e. The van der Waals surface area contributed by atoms with Crippen molar-refractivity contribution >= 4 is 27.5 Å². The molecule has 0 aliphatic carbocycles. The molecule has 110 valence electrons. The third kappa shape index (κ3) is 3.03. The molecule has 0 aromatic carbocycles. The molecule has 1 saturated heterocycles. The highest BCUT2D eigenvalue weighted by molar-refractivity contribution is 9.09. The number of carbonyl (C=O) groups is 1. The molecule has 1 unspecified atom stereocenters. The van der Waals surface area contributed by atoms with E-state index in [1.54, 1.807) is 11.6 Å². The monoisotopic (exact) mass is 343 g/mol. The number of hydrogen-bond acceptors (Lipinski definition) is 3. The second-order valence-electron chi connectivity index (χ2n) is 5.08. The fourth-order valence-corrected chi connectivity index (χ4v) is 3.05. The van der Waals surface area contributed by atoms with Crippen LogP contribution in [-0.2, 0) is 7.05 Å². The van der Waals surface area contributed by atoms with E-state index in [1.807, 2.05) is 4.90 Å². The normalized spacial score (nSPS) is 18.5. The summed E-state index contributed by atoms with van der Waals surface area (Å²) >= 11 is 3.41. The number of likely N-dealkylation sites (tertiary alicyclic amines) is 1. The Hall–Kier alpha value is -1.37. The number of aryl methyl sites for hydroxylation is 1. The maximum Gasteiger partial charge on any atom is 0.287 e. The van der Waals surface area contributed by atoms with Crippen LogP contribution in [0.3, 0.4) is 0 Å². The molecule has 6 nitrogen and oxygen atoms in total. The molecular formula is C13H18BrN3O3. The van der Waals surface area contributed by atoms with Crippen molar-refractivity contribution in [3.05, 3.63) is 28.1 Å². The molecule has 20 heavy (non-hydrogen) atoms. The minimum absolute atomic E-state index is 0.0351. The summed E-state index contributed by atoms with van der Waals surface area (Å²) in [6.07, 6.45) is 5.42. The molecular weight excluding hydrogens is 326 g/mol. The van der Waals surface area contributed by atoms with Gasteiger partial charge in [-0.15, -0.1) is 0 Å². The van der Waals surface area contributed by atoms with Gasteiger partial charge in [0, 0.05) is 31.0 Å². The Morgan fingerprint density at radius 1 is 1.60 bits per heavy atom. The first kappa shape index (κ1) is 15.0. The van der Waals surface area contributed by atoms with Crippen LogP contribution in [0.1, 0.15) is 36.2 Å². The largest absolute Gasteiger partial charge is 0.340 e. The minimum Gasteiger partial charge on any atom is -0.340 e. The molecule has 1 fully saturated rings. The summed E-state index contributed by atoms with van der Waals surface area (Å²) < 4.78 is 1.54. The van der Waals surface area contributed by atoms with Gasteiger partial charge in [-0.25, -0.2) is 0 Å². The van der Waals surface area contributed by atoms with Crippen molar-refractivity contribution in [3.63, 3.8) is 0 Å². The van der Waals surface area contributed by atoms with Crippen LogP contribution >= 0.6 is 15.9 Å². The van der Waals surface area contributed by atoms with E-state index in [-0.39, 0.29) is 17.6 Å². The summed E-state index contributed by atoms with van der Waals surface area (Å²) in [6, 6.07) is 1.62. The quantitative estimate of drug-likeness (QED) is 0.469. The van der Waals surface area contributed by atoms with E-state index < -0.39 is 4.92 Å². The van der Waals surface area contributed by atoms with Crippen LogP contribution in [0.5, 0.6) is 0 Å². The molecule has 0 N–H and O–H groups in total. The zero-order valence-corrected chi connectivity index (χ0v) is 13.0. The van der Waals surface area contributed by atoms with Gasteiger partial charge in [-0.05, 0) is 25.7 Å². The SMILES string of the molecule is Cn1cc([N+](=O)[O-])cc1C(=O)N1CCCC1CCCBr. The standard InChI is InChI=1S/C13H18BrN3O3/c1-15-9-11(17(19)20)8-12(15)13(18)16-7-3-5-10(16)4-2-6-14/h8-10H,2-7H2,1H3. The second kappa shape index (κ2) is 6.39. The molecule has 1 atom stereocenters. The number of nitro groups is 1. The first-order valence-electron chi connectivity index (χ1n) is 6.72. The van der Waals surface area contributed by atoms with E-state index in [4.69, 9.17) is 0 Å². The van der Waals surface area contributed by atoms with Crippen LogP contribution in [-0.4, -0.2) is 38.2 Å². The third-order valence-electron chi connectivity index (χ3n) is 3.73. The van der Waals surface area contributed by atoms with E-state index in [9.17, 15) is 14.9 Å². The van der Waals surface area contributed by atoms with Crippen LogP contribution in [0, 0.1) is 10.1 Å². The van der Waals surface area contributed by atoms with Crippen molar-refractivity contribution in [1.82, 2.24) is 9.47 Å². The number of rotatable bonds is 5. The Bertz CT molecular complexity index is 515. The van der Waals surface area contributed by atoms with Crippen molar-refractivity contribution in [1.29, 1.82) is 0 Å². The first-order chi connectivity index (χ1) is 9.54. The number of amides is 1. The maximum absolute atomic E-state index is 12.5. The summed E-state index contributed by atoms with van der Waals surface area (Å²) in [6.45, 7) is 0.741. The van der Waals surface area contributed by atoms with E-state index in [2.05, 4.69) is 15.9 Å². The predicted octanol–water partition coefficient (Wildman–Crippen LogP) is 2.71. The Kier molecular flexibility index (Phi) is 4.80. The summed E-state index contributed by atoms with van der Waals surface area (Å²) in [7, 11) is 1.67. The number of carbonyl (C=O) groups excluding carboxylic acids is 1. The number of hydrogen-bond donors (Lipinski definition) is 0. The Labute approximate surface area is 126 Å². The van der Waals surface area contributed by atoms with Gasteiger partial charge < -0.3 is 9.47 Å². The average molecular weight is 344 g/mol. The van der Waals surface area contributed by atoms with Crippen molar-refractivity contribution in [2.45, 2.75) is 31.7 Å². The zero-order chi connectivity index (χ0) is 14.7. The second-order valence-corrected chi connectivity index (χ2v) is 5.87. The van der Waals surface area contributed by atoms with E-state index in [0.717, 1.165) is 37.6 Å². The van der Waals surface area contributed by atoms with Gasteiger partial charge in [-0.2, -0.15) is 0 Å². The fourth-order valence-electron chi connectivity index (χ4n) is 2.72. The molecule has 0 spiro atoms. The molecule has 2 rings (SSSR count). The summed E-state index contributed by atoms with van der Waals surface area (Å²) in [5.74, 6) is -0.0994. The lowest BCUT2D eigenvalue weighted by Crippen LogP contribution is -2.36. The molecule has 1 aliphatic heterocycles. The molecule has 2 heterocycles. The van der Waals surface area contributed by atoms with Gasteiger partial charge in [0.15, 0.2) is 0 Å². The zero-order valence-electron chi connectivity index (χ0n) is 11.4. The van der Waals surface area contributed by atoms with Crippen LogP contribution in [0.25, 0.3) is 0 Å². The summed E-state index contributed by atoms with van der Waals surface area (Å²) in [4.78, 5) is 24.7. The highest BCUT2D eigenvalue weighted by Gasteiger charge is 2.31. The van der Waals surface area contributed by atoms with Crippen molar-refractivity contribution in [2.75, 3.05) is 11.9 Å². The van der Waals surface area contributed by atoms with Gasteiger partial charge in [-0.3, -0.25) is 14.9 Å². The number of aromatic nitrogens is 1. The van der Waals surface area contributed by atoms with Gasteiger partial charge >= 0.3 is 0 Å². The van der Waals surface area contributed by atoms with Crippen molar-refractivity contribution in [3.8, 4) is 0 Å². The summed E-state index contributed by atoms with van der Waals surface area (Å²) in [5.41, 5.74) is 0.356. The first-order valence-corrected chi connectivity index (χ1v) is 7.84. The lowest BCUT2D eigenvalue weighted by molar-refractivity contribution is -0.384. The number of halogens is 1. The van der Waals surface area contributed by atoms with Crippen LogP contribution in [0.2, 0.25) is 0 Å². The van der Waals surface area contributed by atoms with Gasteiger partial charge in [-0.1, -0.05) is 15.9 Å². The average Bonchev–Trinajstić information content (AvgIpc) is 3.02. The molecule has 0 saturated carbocycles. The van der Waals surface area contributed by atoms with Gasteiger partial charge in [0.05, 0.1) is 11.1 Å². The third-order valence-corrected chi connectivity index (χ3v) is 4.29. The highest BCUT2D eigenvalue weighted by Crippen LogP contribution is 2.25. The van der Waals surface area contributed by atoms with Crippen LogP contribution in [0.15, 0.2) is 12.3 Å². The predicted molar refractivity (Wildman–Crippen MR) is 79.2 cm³/mol. The maximum atomic E-state index is 12.5. The highest BCUT2D eigenvalue weighted by atomic mass is 79.9. The van der Waals surface area contributed by atoms with E-state index >= 15 is 0 Å². The van der Waals surface area contributed by atoms with Crippen molar-refractivity contribution in [2.24, 2.45) is 7.05 Å². The number of nitrogens with zero attached hydrogens (tertiary/aromatic N) is 3. The van der Waals surface area contributed by atoms with E-state index in [0.29, 0.717) is 5.69 Å². The Morgan fingerprint density at radius 3 is 2.95 bits per heavy atom. The Balaban J connectivity index is 2.15. The molecule has 1 aliphatic rings. The molecule has 1 aromatic rings. The molecule has 7 heteroatoms. The van der Waals surface area contributed by atoms with Crippen LogP contribution in [0.4, 0.5) is 5.69 Å². The lowest BCUT2D eigenvalue weighted by atomic mass is 10.1. The molecule has 0 bridgehead atoms. The fraction of sp³-hybridized carbons (Fsp3) is 0.615. The molecule has 0 radical (unpaired) electrons. The lowest BCUT2D eigenvalue weighted by Gasteiger charge is -2.24. The Morgan fingerprint density at radius 2 is 2.35 bits per heavy atom. The van der Waals surface area contributed by atoms with Crippen molar-refractivity contribution < 1.29 is 9.72 Å².